The van der Waals surface area contributed by atoms with Gasteiger partial charge in [-0.1, -0.05) is 19.3 Å². The van der Waals surface area contributed by atoms with Crippen molar-refractivity contribution in [3.63, 3.8) is 0 Å². The first kappa shape index (κ1) is 23.0. The third kappa shape index (κ3) is 11.4. The second kappa shape index (κ2) is 11.7. The molecule has 0 aliphatic heterocycles. The maximum Gasteiger partial charge on any atom is 0.407 e. The molecule has 3 N–H and O–H groups in total. The van der Waals surface area contributed by atoms with E-state index >= 15 is 0 Å². The van der Waals surface area contributed by atoms with Crippen LogP contribution in [-0.2, 0) is 9.53 Å². The van der Waals surface area contributed by atoms with Crippen molar-refractivity contribution in [3.8, 4) is 0 Å². The zero-order valence-corrected chi connectivity index (χ0v) is 17.6. The zero-order valence-electron chi connectivity index (χ0n) is 17.6. The zero-order chi connectivity index (χ0) is 20.3. The summed E-state index contributed by atoms with van der Waals surface area (Å²) in [7, 11) is 3.43. The lowest BCUT2D eigenvalue weighted by Gasteiger charge is -2.23. The molecular formula is C19H37N5O3. The van der Waals surface area contributed by atoms with Gasteiger partial charge in [-0.3, -0.25) is 4.79 Å². The Bertz CT molecular complexity index is 494. The van der Waals surface area contributed by atoms with Gasteiger partial charge in [-0.25, -0.2) is 9.79 Å². The second-order valence-electron chi connectivity index (χ2n) is 8.19. The normalized spacial score (nSPS) is 15.8. The molecule has 8 nitrogen and oxygen atoms in total. The van der Waals surface area contributed by atoms with E-state index in [1.54, 1.807) is 14.1 Å². The van der Waals surface area contributed by atoms with Crippen molar-refractivity contribution in [2.75, 3.05) is 40.3 Å². The molecule has 0 aromatic heterocycles. The first-order valence-electron chi connectivity index (χ1n) is 9.86. The quantitative estimate of drug-likeness (QED) is 0.353. The molecule has 27 heavy (non-hydrogen) atoms. The number of likely N-dealkylation sites (N-methyl/N-ethyl adjacent to an activating group) is 1. The number of guanidine groups is 1. The summed E-state index contributed by atoms with van der Waals surface area (Å²) < 4.78 is 5.20. The molecule has 1 aliphatic carbocycles. The summed E-state index contributed by atoms with van der Waals surface area (Å²) in [5, 5.41) is 9.21. The number of rotatable bonds is 7. The highest BCUT2D eigenvalue weighted by Crippen LogP contribution is 2.22. The van der Waals surface area contributed by atoms with Gasteiger partial charge in [0, 0.05) is 33.7 Å². The van der Waals surface area contributed by atoms with Crippen LogP contribution in [0.1, 0.15) is 52.9 Å². The van der Waals surface area contributed by atoms with Gasteiger partial charge >= 0.3 is 6.09 Å². The lowest BCUT2D eigenvalue weighted by molar-refractivity contribution is -0.127. The molecule has 0 radical (unpaired) electrons. The van der Waals surface area contributed by atoms with Crippen molar-refractivity contribution in [2.24, 2.45) is 10.9 Å². The van der Waals surface area contributed by atoms with Gasteiger partial charge in [0.15, 0.2) is 5.96 Å². The topological polar surface area (TPSA) is 95.1 Å². The summed E-state index contributed by atoms with van der Waals surface area (Å²) >= 11 is 0. The molecule has 0 heterocycles. The lowest BCUT2D eigenvalue weighted by Crippen LogP contribution is -2.44. The molecule has 1 rings (SSSR count). The molecule has 156 valence electrons. The molecule has 0 aromatic rings. The fourth-order valence-corrected chi connectivity index (χ4v) is 2.75. The largest absolute Gasteiger partial charge is 0.444 e. The van der Waals surface area contributed by atoms with Crippen molar-refractivity contribution >= 4 is 18.0 Å². The lowest BCUT2D eigenvalue weighted by atomic mass is 9.89. The summed E-state index contributed by atoms with van der Waals surface area (Å²) in [6.45, 7) is 7.31. The minimum atomic E-state index is -0.516. The maximum absolute atomic E-state index is 11.8. The van der Waals surface area contributed by atoms with Crippen LogP contribution in [0.5, 0.6) is 0 Å². The molecule has 8 heteroatoms. The molecule has 2 amide bonds. The number of nitrogens with one attached hydrogen (secondary N) is 3. The van der Waals surface area contributed by atoms with Crippen molar-refractivity contribution < 1.29 is 14.3 Å². The summed E-state index contributed by atoms with van der Waals surface area (Å²) in [6, 6.07) is 0. The minimum absolute atomic E-state index is 0.0550. The van der Waals surface area contributed by atoms with Crippen LogP contribution in [0.25, 0.3) is 0 Å². The number of hydrogen-bond donors (Lipinski definition) is 3. The highest BCUT2D eigenvalue weighted by atomic mass is 16.6. The second-order valence-corrected chi connectivity index (χ2v) is 8.19. The fourth-order valence-electron chi connectivity index (χ4n) is 2.75. The summed E-state index contributed by atoms with van der Waals surface area (Å²) in [5.74, 6) is 1.19. The first-order valence-corrected chi connectivity index (χ1v) is 9.86. The number of nitrogens with zero attached hydrogens (tertiary/aromatic N) is 2. The Balaban J connectivity index is 2.43. The molecule has 0 saturated heterocycles. The van der Waals surface area contributed by atoms with Crippen molar-refractivity contribution in [3.05, 3.63) is 0 Å². The Hall–Kier alpha value is -1.99. The molecule has 0 unspecified atom stereocenters. The Kier molecular flexibility index (Phi) is 9.96. The van der Waals surface area contributed by atoms with Crippen molar-refractivity contribution in [1.29, 1.82) is 0 Å². The van der Waals surface area contributed by atoms with E-state index in [0.29, 0.717) is 25.0 Å². The highest BCUT2D eigenvalue weighted by molar-refractivity contribution is 5.84. The standard InChI is InChI=1S/C19H37N5O3/c1-19(2,3)27-18(26)21-12-11-20-17(23-14-16(25)24(4)5)22-13-15-9-7-6-8-10-15/h15H,6-14H2,1-5H3,(H,21,26)(H2,20,22,23). The average Bonchev–Trinajstić information content (AvgIpc) is 2.59. The maximum atomic E-state index is 11.8. The minimum Gasteiger partial charge on any atom is -0.444 e. The van der Waals surface area contributed by atoms with Gasteiger partial charge in [0.25, 0.3) is 0 Å². The Morgan fingerprint density at radius 1 is 1.04 bits per heavy atom. The van der Waals surface area contributed by atoms with E-state index in [1.807, 2.05) is 20.8 Å². The van der Waals surface area contributed by atoms with Gasteiger partial charge in [0.2, 0.25) is 5.91 Å². The number of carbonyl (C=O) groups excluding carboxylic acids is 2. The Morgan fingerprint density at radius 2 is 1.67 bits per heavy atom. The van der Waals surface area contributed by atoms with Crippen LogP contribution in [0.4, 0.5) is 4.79 Å². The smallest absolute Gasteiger partial charge is 0.407 e. The predicted molar refractivity (Wildman–Crippen MR) is 108 cm³/mol. The third-order valence-corrected chi connectivity index (χ3v) is 4.24. The number of aliphatic imine (C=N–C) groups is 1. The van der Waals surface area contributed by atoms with E-state index in [4.69, 9.17) is 4.74 Å². The molecular weight excluding hydrogens is 346 g/mol. The van der Waals surface area contributed by atoms with Crippen LogP contribution in [-0.4, -0.2) is 68.7 Å². The predicted octanol–water partition coefficient (Wildman–Crippen LogP) is 1.71. The number of hydrogen-bond acceptors (Lipinski definition) is 4. The molecule has 1 aliphatic rings. The molecule has 1 saturated carbocycles. The van der Waals surface area contributed by atoms with Gasteiger partial charge < -0.3 is 25.6 Å². The first-order chi connectivity index (χ1) is 12.7. The molecule has 0 aromatic carbocycles. The van der Waals surface area contributed by atoms with Crippen LogP contribution < -0.4 is 16.0 Å². The Morgan fingerprint density at radius 3 is 2.26 bits per heavy atom. The van der Waals surface area contributed by atoms with E-state index in [1.165, 1.54) is 37.0 Å². The molecule has 0 atom stereocenters. The van der Waals surface area contributed by atoms with Crippen molar-refractivity contribution in [2.45, 2.75) is 58.5 Å². The molecule has 0 bridgehead atoms. The molecule has 1 fully saturated rings. The molecule has 0 spiro atoms. The van der Waals surface area contributed by atoms with Gasteiger partial charge in [-0.05, 0) is 39.5 Å². The van der Waals surface area contributed by atoms with Gasteiger partial charge in [0.05, 0.1) is 0 Å². The van der Waals surface area contributed by atoms with Crippen LogP contribution in [0.3, 0.4) is 0 Å². The van der Waals surface area contributed by atoms with E-state index in [0.717, 1.165) is 6.54 Å². The van der Waals surface area contributed by atoms with E-state index < -0.39 is 11.7 Å². The average molecular weight is 384 g/mol. The van der Waals surface area contributed by atoms with Crippen molar-refractivity contribution in [1.82, 2.24) is 20.9 Å². The summed E-state index contributed by atoms with van der Waals surface area (Å²) in [6.07, 6.45) is 5.91. The fraction of sp³-hybridized carbons (Fsp3) is 0.842. The number of alkyl carbamates (subject to hydrolysis) is 1. The van der Waals surface area contributed by atoms with E-state index in [9.17, 15) is 9.59 Å². The van der Waals surface area contributed by atoms with Crippen LogP contribution >= 0.6 is 0 Å². The van der Waals surface area contributed by atoms with Gasteiger partial charge in [0.1, 0.15) is 12.1 Å². The summed E-state index contributed by atoms with van der Waals surface area (Å²) in [4.78, 5) is 29.3. The van der Waals surface area contributed by atoms with E-state index in [2.05, 4.69) is 20.9 Å². The van der Waals surface area contributed by atoms with Crippen LogP contribution in [0.2, 0.25) is 0 Å². The SMILES string of the molecule is CN(C)C(=O)CN=C(NCCNC(=O)OC(C)(C)C)NCC1CCCCC1. The summed E-state index contributed by atoms with van der Waals surface area (Å²) in [5.41, 5.74) is -0.516. The number of carbonyl (C=O) groups is 2. The monoisotopic (exact) mass is 383 g/mol. The highest BCUT2D eigenvalue weighted by Gasteiger charge is 2.16. The van der Waals surface area contributed by atoms with Gasteiger partial charge in [-0.2, -0.15) is 0 Å². The van der Waals surface area contributed by atoms with E-state index in [-0.39, 0.29) is 12.5 Å². The Labute approximate surface area is 163 Å². The number of amides is 2. The van der Waals surface area contributed by atoms with Crippen LogP contribution in [0, 0.1) is 5.92 Å². The number of ether oxygens (including phenoxy) is 1. The van der Waals surface area contributed by atoms with Crippen LogP contribution in [0.15, 0.2) is 4.99 Å². The third-order valence-electron chi connectivity index (χ3n) is 4.24. The van der Waals surface area contributed by atoms with Gasteiger partial charge in [-0.15, -0.1) is 0 Å².